The van der Waals surface area contributed by atoms with Crippen LogP contribution in [0.25, 0.3) is 0 Å². The van der Waals surface area contributed by atoms with E-state index in [1.54, 1.807) is 24.4 Å². The summed E-state index contributed by atoms with van der Waals surface area (Å²) in [7, 11) is 3.34. The van der Waals surface area contributed by atoms with Gasteiger partial charge in [-0.1, -0.05) is 19.1 Å². The minimum Gasteiger partial charge on any atom is -0.497 e. The van der Waals surface area contributed by atoms with E-state index >= 15 is 0 Å². The molecule has 0 saturated heterocycles. The molecule has 0 fully saturated rings. The molecule has 0 aliphatic heterocycles. The van der Waals surface area contributed by atoms with Crippen molar-refractivity contribution in [3.63, 3.8) is 0 Å². The molecule has 0 bridgehead atoms. The number of rotatable bonds is 6. The van der Waals surface area contributed by atoms with Crippen LogP contribution < -0.4 is 4.74 Å². The fourth-order valence-electron chi connectivity index (χ4n) is 2.49. The van der Waals surface area contributed by atoms with Gasteiger partial charge in [0.05, 0.1) is 18.7 Å². The van der Waals surface area contributed by atoms with Crippen LogP contribution >= 0.6 is 11.3 Å². The van der Waals surface area contributed by atoms with E-state index in [0.29, 0.717) is 5.56 Å². The van der Waals surface area contributed by atoms with Crippen LogP contribution in [0.1, 0.15) is 45.0 Å². The normalized spacial score (nSPS) is 11.8. The van der Waals surface area contributed by atoms with E-state index < -0.39 is 5.97 Å². The molecule has 0 spiro atoms. The van der Waals surface area contributed by atoms with Crippen LogP contribution in [0.5, 0.6) is 5.75 Å². The van der Waals surface area contributed by atoms with Gasteiger partial charge in [-0.25, -0.2) is 4.79 Å². The Kier molecular flexibility index (Phi) is 5.39. The molecule has 0 saturated carbocycles. The third-order valence-corrected chi connectivity index (χ3v) is 4.63. The molecule has 1 unspecified atom stereocenters. The summed E-state index contributed by atoms with van der Waals surface area (Å²) < 4.78 is 5.24. The van der Waals surface area contributed by atoms with Crippen LogP contribution in [0, 0.1) is 0 Å². The van der Waals surface area contributed by atoms with Gasteiger partial charge >= 0.3 is 5.97 Å². The molecule has 122 valence electrons. The lowest BCUT2D eigenvalue weighted by molar-refractivity contribution is 0.0702. The minimum absolute atomic E-state index is 0.106. The van der Waals surface area contributed by atoms with E-state index in [0.717, 1.165) is 29.1 Å². The van der Waals surface area contributed by atoms with Crippen LogP contribution in [0.4, 0.5) is 0 Å². The lowest BCUT2D eigenvalue weighted by Crippen LogP contribution is -2.30. The average molecular weight is 333 g/mol. The first kappa shape index (κ1) is 17.0. The number of amides is 1. The third-order valence-electron chi connectivity index (χ3n) is 3.71. The van der Waals surface area contributed by atoms with Gasteiger partial charge in [0.15, 0.2) is 0 Å². The molecule has 5 nitrogen and oxygen atoms in total. The smallest absolute Gasteiger partial charge is 0.345 e. The fraction of sp³-hybridized carbons (Fsp3) is 0.294. The molecular weight excluding hydrogens is 314 g/mol. The van der Waals surface area contributed by atoms with E-state index in [9.17, 15) is 9.59 Å². The predicted octanol–water partition coefficient (Wildman–Crippen LogP) is 3.68. The first-order valence-corrected chi connectivity index (χ1v) is 8.08. The summed E-state index contributed by atoms with van der Waals surface area (Å²) in [6.07, 6.45) is 0.741. The van der Waals surface area contributed by atoms with Crippen LogP contribution in [0.3, 0.4) is 0 Å². The highest BCUT2D eigenvalue weighted by atomic mass is 32.1. The van der Waals surface area contributed by atoms with Crippen molar-refractivity contribution in [1.29, 1.82) is 0 Å². The second kappa shape index (κ2) is 7.28. The van der Waals surface area contributed by atoms with Crippen LogP contribution in [0.2, 0.25) is 0 Å². The molecule has 1 aromatic heterocycles. The molecule has 1 amide bonds. The maximum absolute atomic E-state index is 12.6. The second-order valence-electron chi connectivity index (χ2n) is 5.12. The Bertz CT molecular complexity index is 710. The molecule has 6 heteroatoms. The number of hydrogen-bond donors (Lipinski definition) is 1. The average Bonchev–Trinajstić information content (AvgIpc) is 3.05. The zero-order valence-corrected chi connectivity index (χ0v) is 14.1. The largest absolute Gasteiger partial charge is 0.497 e. The number of benzene rings is 1. The Balaban J connectivity index is 2.25. The Morgan fingerprint density at radius 3 is 2.65 bits per heavy atom. The summed E-state index contributed by atoms with van der Waals surface area (Å²) in [6.45, 7) is 2.00. The van der Waals surface area contributed by atoms with Crippen molar-refractivity contribution in [1.82, 2.24) is 4.90 Å². The van der Waals surface area contributed by atoms with E-state index in [-0.39, 0.29) is 16.8 Å². The fourth-order valence-corrected chi connectivity index (χ4v) is 3.21. The molecular formula is C17H19NO4S. The first-order valence-electron chi connectivity index (χ1n) is 7.20. The van der Waals surface area contributed by atoms with Gasteiger partial charge in [-0.05, 0) is 30.2 Å². The Morgan fingerprint density at radius 1 is 1.35 bits per heavy atom. The lowest BCUT2D eigenvalue weighted by atomic mass is 10.0. The quantitative estimate of drug-likeness (QED) is 0.876. The van der Waals surface area contributed by atoms with Crippen LogP contribution in [0.15, 0.2) is 35.7 Å². The zero-order valence-electron chi connectivity index (χ0n) is 13.3. The predicted molar refractivity (Wildman–Crippen MR) is 89.4 cm³/mol. The van der Waals surface area contributed by atoms with Gasteiger partial charge in [0, 0.05) is 12.4 Å². The molecule has 2 aromatic rings. The topological polar surface area (TPSA) is 66.8 Å². The van der Waals surface area contributed by atoms with E-state index in [4.69, 9.17) is 9.84 Å². The number of carboxylic acids is 1. The molecule has 0 aliphatic carbocycles. The standard InChI is InChI=1S/C17H19NO4S/c1-4-14(11-6-5-7-13(8-11)22-3)18(2)16(19)12-9-15(17(20)21)23-10-12/h5-10,14H,4H2,1-3H3,(H,20,21). The van der Waals surface area contributed by atoms with Gasteiger partial charge in [0.2, 0.25) is 0 Å². The van der Waals surface area contributed by atoms with Crippen molar-refractivity contribution >= 4 is 23.2 Å². The number of carbonyl (C=O) groups is 2. The van der Waals surface area contributed by atoms with Crippen molar-refractivity contribution in [3.05, 3.63) is 51.7 Å². The number of thiophene rings is 1. The summed E-state index contributed by atoms with van der Waals surface area (Å²) in [5, 5.41) is 10.6. The Morgan fingerprint density at radius 2 is 2.09 bits per heavy atom. The molecule has 1 atom stereocenters. The number of carbonyl (C=O) groups excluding carboxylic acids is 1. The summed E-state index contributed by atoms with van der Waals surface area (Å²) in [5.74, 6) is -0.467. The SMILES string of the molecule is CCC(c1cccc(OC)c1)N(C)C(=O)c1csc(C(=O)O)c1. The maximum Gasteiger partial charge on any atom is 0.345 e. The van der Waals surface area contributed by atoms with Gasteiger partial charge in [0.1, 0.15) is 10.6 Å². The third kappa shape index (κ3) is 3.71. The summed E-state index contributed by atoms with van der Waals surface area (Å²) in [4.78, 5) is 25.4. The van der Waals surface area contributed by atoms with E-state index in [1.807, 2.05) is 31.2 Å². The number of ether oxygens (including phenoxy) is 1. The first-order chi connectivity index (χ1) is 11.0. The number of nitrogens with zero attached hydrogens (tertiary/aromatic N) is 1. The lowest BCUT2D eigenvalue weighted by Gasteiger charge is -2.27. The second-order valence-corrected chi connectivity index (χ2v) is 6.03. The number of methoxy groups -OCH3 is 1. The number of carboxylic acid groups (broad SMARTS) is 1. The van der Waals surface area contributed by atoms with E-state index in [2.05, 4.69) is 0 Å². The molecule has 0 radical (unpaired) electrons. The maximum atomic E-state index is 12.6. The summed E-state index contributed by atoms with van der Waals surface area (Å²) >= 11 is 1.06. The van der Waals surface area contributed by atoms with Gasteiger partial charge in [-0.3, -0.25) is 4.79 Å². The van der Waals surface area contributed by atoms with Crippen molar-refractivity contribution in [2.75, 3.05) is 14.2 Å². The van der Waals surface area contributed by atoms with E-state index in [1.165, 1.54) is 6.07 Å². The Hall–Kier alpha value is -2.34. The van der Waals surface area contributed by atoms with Crippen LogP contribution in [-0.2, 0) is 0 Å². The van der Waals surface area contributed by atoms with Crippen LogP contribution in [-0.4, -0.2) is 36.0 Å². The molecule has 0 aliphatic rings. The highest BCUT2D eigenvalue weighted by molar-refractivity contribution is 7.12. The number of hydrogen-bond acceptors (Lipinski definition) is 4. The highest BCUT2D eigenvalue weighted by Crippen LogP contribution is 2.28. The van der Waals surface area contributed by atoms with Crippen molar-refractivity contribution < 1.29 is 19.4 Å². The number of aromatic carboxylic acids is 1. The molecule has 1 aromatic carbocycles. The monoisotopic (exact) mass is 333 g/mol. The van der Waals surface area contributed by atoms with Crippen molar-refractivity contribution in [2.45, 2.75) is 19.4 Å². The van der Waals surface area contributed by atoms with Crippen molar-refractivity contribution in [2.24, 2.45) is 0 Å². The molecule has 1 heterocycles. The van der Waals surface area contributed by atoms with Gasteiger partial charge < -0.3 is 14.7 Å². The molecule has 1 N–H and O–H groups in total. The molecule has 23 heavy (non-hydrogen) atoms. The van der Waals surface area contributed by atoms with Gasteiger partial charge in [-0.15, -0.1) is 11.3 Å². The summed E-state index contributed by atoms with van der Waals surface area (Å²) in [6, 6.07) is 8.93. The summed E-state index contributed by atoms with van der Waals surface area (Å²) in [5.41, 5.74) is 1.38. The van der Waals surface area contributed by atoms with Gasteiger partial charge in [-0.2, -0.15) is 0 Å². The minimum atomic E-state index is -1.02. The zero-order chi connectivity index (χ0) is 17.0. The molecule has 2 rings (SSSR count). The van der Waals surface area contributed by atoms with Gasteiger partial charge in [0.25, 0.3) is 5.91 Å². The van der Waals surface area contributed by atoms with Crippen molar-refractivity contribution in [3.8, 4) is 5.75 Å². The highest BCUT2D eigenvalue weighted by Gasteiger charge is 2.23. The Labute approximate surface area is 139 Å².